The Morgan fingerprint density at radius 2 is 2.32 bits per heavy atom. The molecular formula is C13H14BrNO3S. The number of ether oxygens (including phenoxy) is 1. The molecule has 102 valence electrons. The van der Waals surface area contributed by atoms with Gasteiger partial charge in [-0.05, 0) is 45.8 Å². The van der Waals surface area contributed by atoms with Crippen molar-refractivity contribution < 1.29 is 14.3 Å². The first-order valence-corrected chi connectivity index (χ1v) is 7.28. The summed E-state index contributed by atoms with van der Waals surface area (Å²) >= 11 is 7.57. The second-order valence-corrected chi connectivity index (χ2v) is 5.63. The number of thiol groups is 1. The van der Waals surface area contributed by atoms with Crippen molar-refractivity contribution in [1.82, 2.24) is 0 Å². The fraction of sp³-hybridized carbons (Fsp3) is 0.385. The molecule has 0 N–H and O–H groups in total. The van der Waals surface area contributed by atoms with E-state index in [1.165, 1.54) is 7.11 Å². The van der Waals surface area contributed by atoms with E-state index in [-0.39, 0.29) is 11.8 Å². The fourth-order valence-electron chi connectivity index (χ4n) is 2.10. The number of amides is 1. The molecule has 0 bridgehead atoms. The largest absolute Gasteiger partial charge is 0.465 e. The predicted octanol–water partition coefficient (Wildman–Crippen LogP) is 2.52. The van der Waals surface area contributed by atoms with Crippen LogP contribution in [0, 0.1) is 5.92 Å². The Morgan fingerprint density at radius 1 is 1.58 bits per heavy atom. The number of carbonyl (C=O) groups is 2. The van der Waals surface area contributed by atoms with Gasteiger partial charge in [0.25, 0.3) is 0 Å². The molecule has 1 atom stereocenters. The summed E-state index contributed by atoms with van der Waals surface area (Å²) in [6.45, 7) is 0.673. The van der Waals surface area contributed by atoms with Crippen LogP contribution >= 0.6 is 28.6 Å². The molecule has 0 radical (unpaired) electrons. The van der Waals surface area contributed by atoms with E-state index < -0.39 is 5.97 Å². The summed E-state index contributed by atoms with van der Waals surface area (Å²) in [7, 11) is 1.34. The van der Waals surface area contributed by atoms with Crippen LogP contribution in [0.3, 0.4) is 0 Å². The van der Waals surface area contributed by atoms with Gasteiger partial charge in [0.15, 0.2) is 0 Å². The van der Waals surface area contributed by atoms with Crippen molar-refractivity contribution in [2.45, 2.75) is 6.42 Å². The van der Waals surface area contributed by atoms with Crippen LogP contribution in [0.5, 0.6) is 0 Å². The van der Waals surface area contributed by atoms with Gasteiger partial charge in [0, 0.05) is 23.1 Å². The van der Waals surface area contributed by atoms with Crippen molar-refractivity contribution in [2.24, 2.45) is 5.92 Å². The number of anilines is 1. The van der Waals surface area contributed by atoms with Gasteiger partial charge in [-0.15, -0.1) is 0 Å². The van der Waals surface area contributed by atoms with Crippen molar-refractivity contribution in [3.8, 4) is 0 Å². The molecule has 1 unspecified atom stereocenters. The van der Waals surface area contributed by atoms with E-state index >= 15 is 0 Å². The summed E-state index contributed by atoms with van der Waals surface area (Å²) in [6.07, 6.45) is 0.528. The quantitative estimate of drug-likeness (QED) is 0.677. The van der Waals surface area contributed by atoms with Gasteiger partial charge in [-0.25, -0.2) is 4.79 Å². The molecule has 1 amide bonds. The molecule has 1 aromatic carbocycles. The lowest BCUT2D eigenvalue weighted by atomic mass is 10.1. The molecule has 4 nitrogen and oxygen atoms in total. The molecule has 1 aliphatic rings. The van der Waals surface area contributed by atoms with Crippen LogP contribution in [-0.4, -0.2) is 31.3 Å². The average molecular weight is 344 g/mol. The first kappa shape index (κ1) is 14.4. The summed E-state index contributed by atoms with van der Waals surface area (Å²) < 4.78 is 5.30. The minimum Gasteiger partial charge on any atom is -0.465 e. The SMILES string of the molecule is COC(=O)c1ccc(N2CC(CS)CC2=O)cc1Br. The Balaban J connectivity index is 2.25. The van der Waals surface area contributed by atoms with Crippen LogP contribution in [0.25, 0.3) is 0 Å². The number of hydrogen-bond donors (Lipinski definition) is 1. The van der Waals surface area contributed by atoms with Crippen LogP contribution in [0.15, 0.2) is 22.7 Å². The molecule has 1 aromatic rings. The van der Waals surface area contributed by atoms with Crippen molar-refractivity contribution >= 4 is 46.1 Å². The Hall–Kier alpha value is -1.01. The number of methoxy groups -OCH3 is 1. The van der Waals surface area contributed by atoms with E-state index in [4.69, 9.17) is 0 Å². The van der Waals surface area contributed by atoms with Gasteiger partial charge in [0.1, 0.15) is 0 Å². The van der Waals surface area contributed by atoms with Crippen LogP contribution in [-0.2, 0) is 9.53 Å². The highest BCUT2D eigenvalue weighted by atomic mass is 79.9. The predicted molar refractivity (Wildman–Crippen MR) is 79.8 cm³/mol. The third-order valence-electron chi connectivity index (χ3n) is 3.13. The van der Waals surface area contributed by atoms with E-state index in [0.29, 0.717) is 28.8 Å². The van der Waals surface area contributed by atoms with Gasteiger partial charge in [-0.3, -0.25) is 4.79 Å². The van der Waals surface area contributed by atoms with Gasteiger partial charge in [0.05, 0.1) is 12.7 Å². The molecule has 0 aliphatic carbocycles. The number of esters is 1. The topological polar surface area (TPSA) is 46.6 Å². The lowest BCUT2D eigenvalue weighted by Gasteiger charge is -2.17. The van der Waals surface area contributed by atoms with Crippen molar-refractivity contribution in [1.29, 1.82) is 0 Å². The Kier molecular flexibility index (Phi) is 4.52. The molecule has 2 rings (SSSR count). The highest BCUT2D eigenvalue weighted by Crippen LogP contribution is 2.29. The molecule has 0 spiro atoms. The zero-order valence-corrected chi connectivity index (χ0v) is 12.9. The maximum Gasteiger partial charge on any atom is 0.339 e. The summed E-state index contributed by atoms with van der Waals surface area (Å²) in [5.74, 6) is 0.676. The highest BCUT2D eigenvalue weighted by molar-refractivity contribution is 9.10. The van der Waals surface area contributed by atoms with Crippen molar-refractivity contribution in [2.75, 3.05) is 24.3 Å². The molecule has 0 aromatic heterocycles. The summed E-state index contributed by atoms with van der Waals surface area (Å²) in [6, 6.07) is 5.19. The Bertz CT molecular complexity index is 521. The number of nitrogens with zero attached hydrogens (tertiary/aromatic N) is 1. The maximum absolute atomic E-state index is 11.9. The monoisotopic (exact) mass is 343 g/mol. The zero-order chi connectivity index (χ0) is 14.0. The number of hydrogen-bond acceptors (Lipinski definition) is 4. The lowest BCUT2D eigenvalue weighted by molar-refractivity contribution is -0.117. The fourth-order valence-corrected chi connectivity index (χ4v) is 2.87. The maximum atomic E-state index is 11.9. The molecule has 19 heavy (non-hydrogen) atoms. The van der Waals surface area contributed by atoms with Crippen LogP contribution in [0.4, 0.5) is 5.69 Å². The van der Waals surface area contributed by atoms with Crippen LogP contribution < -0.4 is 4.90 Å². The smallest absolute Gasteiger partial charge is 0.339 e. The van der Waals surface area contributed by atoms with E-state index in [1.54, 1.807) is 23.1 Å². The van der Waals surface area contributed by atoms with Crippen LogP contribution in [0.2, 0.25) is 0 Å². The van der Waals surface area contributed by atoms with Gasteiger partial charge < -0.3 is 9.64 Å². The van der Waals surface area contributed by atoms with Gasteiger partial charge in [-0.2, -0.15) is 12.6 Å². The normalized spacial score (nSPS) is 18.8. The minimum atomic E-state index is -0.403. The van der Waals surface area contributed by atoms with Crippen LogP contribution in [0.1, 0.15) is 16.8 Å². The van der Waals surface area contributed by atoms with E-state index in [2.05, 4.69) is 33.3 Å². The first-order chi connectivity index (χ1) is 9.06. The number of benzene rings is 1. The number of rotatable bonds is 3. The third-order valence-corrected chi connectivity index (χ3v) is 4.31. The molecule has 1 fully saturated rings. The Labute approximate surface area is 125 Å². The average Bonchev–Trinajstić information content (AvgIpc) is 2.79. The van der Waals surface area contributed by atoms with E-state index in [1.807, 2.05) is 0 Å². The molecule has 1 heterocycles. The molecule has 6 heteroatoms. The number of carbonyl (C=O) groups excluding carboxylic acids is 2. The van der Waals surface area contributed by atoms with E-state index in [9.17, 15) is 9.59 Å². The first-order valence-electron chi connectivity index (χ1n) is 5.86. The van der Waals surface area contributed by atoms with E-state index in [0.717, 1.165) is 5.69 Å². The summed E-state index contributed by atoms with van der Waals surface area (Å²) in [4.78, 5) is 25.1. The zero-order valence-electron chi connectivity index (χ0n) is 10.4. The lowest BCUT2D eigenvalue weighted by Crippen LogP contribution is -2.24. The van der Waals surface area contributed by atoms with Gasteiger partial charge in [0.2, 0.25) is 5.91 Å². The standard InChI is InChI=1S/C13H14BrNO3S/c1-18-13(17)10-3-2-9(5-11(10)14)15-6-8(7-19)4-12(15)16/h2-3,5,8,19H,4,6-7H2,1H3. The molecule has 0 saturated carbocycles. The summed E-state index contributed by atoms with van der Waals surface area (Å²) in [5.41, 5.74) is 1.23. The number of halogens is 1. The molecular weight excluding hydrogens is 330 g/mol. The minimum absolute atomic E-state index is 0.0942. The molecule has 1 aliphatic heterocycles. The molecule has 1 saturated heterocycles. The van der Waals surface area contributed by atoms with Gasteiger partial charge in [-0.1, -0.05) is 0 Å². The van der Waals surface area contributed by atoms with Crippen molar-refractivity contribution in [3.05, 3.63) is 28.2 Å². The third kappa shape index (κ3) is 2.95. The second-order valence-electron chi connectivity index (χ2n) is 4.41. The summed E-state index contributed by atoms with van der Waals surface area (Å²) in [5, 5.41) is 0. The van der Waals surface area contributed by atoms with Crippen molar-refractivity contribution in [3.63, 3.8) is 0 Å². The highest BCUT2D eigenvalue weighted by Gasteiger charge is 2.30. The second kappa shape index (κ2) is 5.96. The Morgan fingerprint density at radius 3 is 2.84 bits per heavy atom. The van der Waals surface area contributed by atoms with Gasteiger partial charge >= 0.3 is 5.97 Å².